The lowest BCUT2D eigenvalue weighted by Gasteiger charge is -2.20. The number of carbonyl (C=O) groups is 3. The Morgan fingerprint density at radius 3 is 2.54 bits per heavy atom. The number of nitrogens with zero attached hydrogens (tertiary/aromatic N) is 5. The number of carbonyl (C=O) groups excluding carboxylic acids is 3. The van der Waals surface area contributed by atoms with Gasteiger partial charge in [-0.1, -0.05) is 17.7 Å². The smallest absolute Gasteiger partial charge is 0.291 e. The summed E-state index contributed by atoms with van der Waals surface area (Å²) >= 11 is 0. The van der Waals surface area contributed by atoms with E-state index in [0.717, 1.165) is 61.9 Å². The summed E-state index contributed by atoms with van der Waals surface area (Å²) in [6.45, 7) is 1.59. The fourth-order valence-corrected chi connectivity index (χ4v) is 6.89. The van der Waals surface area contributed by atoms with Crippen molar-refractivity contribution in [3.05, 3.63) is 83.2 Å². The molecule has 54 heavy (non-hydrogen) atoms. The number of aliphatic imine (C=N–C) groups is 1. The first kappa shape index (κ1) is 36.5. The Bertz CT molecular complexity index is 2110. The summed E-state index contributed by atoms with van der Waals surface area (Å²) in [4.78, 5) is 50.1. The van der Waals surface area contributed by atoms with Crippen LogP contribution in [0.1, 0.15) is 76.4 Å². The molecular weight excluding hydrogens is 688 g/mol. The van der Waals surface area contributed by atoms with E-state index in [-0.39, 0.29) is 36.2 Å². The van der Waals surface area contributed by atoms with Crippen LogP contribution < -0.4 is 25.4 Å². The van der Waals surface area contributed by atoms with E-state index in [1.54, 1.807) is 41.6 Å². The quantitative estimate of drug-likeness (QED) is 0.117. The number of anilines is 2. The number of nitrogens with one attached hydrogen (secondary N) is 3. The normalized spacial score (nSPS) is 15.7. The van der Waals surface area contributed by atoms with E-state index >= 15 is 0 Å². The monoisotopic (exact) mass is 734 g/mol. The summed E-state index contributed by atoms with van der Waals surface area (Å²) in [7, 11) is 5.17. The lowest BCUT2D eigenvalue weighted by atomic mass is 10.1. The Morgan fingerprint density at radius 2 is 1.78 bits per heavy atom. The first-order valence-electron chi connectivity index (χ1n) is 18.4. The van der Waals surface area contributed by atoms with Crippen LogP contribution in [-0.4, -0.2) is 87.5 Å². The number of fused-ring (bicyclic) bond motifs is 2. The van der Waals surface area contributed by atoms with Gasteiger partial charge in [0.15, 0.2) is 11.5 Å². The van der Waals surface area contributed by atoms with Gasteiger partial charge in [-0.25, -0.2) is 4.98 Å². The number of amides is 3. The van der Waals surface area contributed by atoms with Crippen molar-refractivity contribution in [1.82, 2.24) is 24.3 Å². The minimum atomic E-state index is -0.338. The van der Waals surface area contributed by atoms with Crippen LogP contribution in [-0.2, 0) is 14.1 Å². The predicted molar refractivity (Wildman–Crippen MR) is 206 cm³/mol. The van der Waals surface area contributed by atoms with Gasteiger partial charge in [-0.05, 0) is 74.8 Å². The minimum Gasteiger partial charge on any atom is -0.493 e. The van der Waals surface area contributed by atoms with Crippen LogP contribution in [0.4, 0.5) is 17.2 Å². The average molecular weight is 735 g/mol. The Hall–Kier alpha value is -5.89. The molecule has 4 N–H and O–H groups in total. The molecule has 1 saturated heterocycles. The molecule has 0 bridgehead atoms. The summed E-state index contributed by atoms with van der Waals surface area (Å²) in [6.07, 6.45) is 11.4. The van der Waals surface area contributed by atoms with E-state index in [2.05, 4.69) is 25.9 Å². The number of hydrogen-bond acceptors (Lipinski definition) is 9. The van der Waals surface area contributed by atoms with E-state index in [4.69, 9.17) is 14.6 Å². The molecule has 1 aliphatic carbocycles. The van der Waals surface area contributed by atoms with Gasteiger partial charge in [0, 0.05) is 75.4 Å². The van der Waals surface area contributed by atoms with E-state index in [1.165, 1.54) is 5.57 Å². The number of aliphatic hydroxyl groups excluding tert-OH is 1. The van der Waals surface area contributed by atoms with Crippen molar-refractivity contribution in [2.45, 2.75) is 51.0 Å². The second-order valence-electron chi connectivity index (χ2n) is 13.8. The van der Waals surface area contributed by atoms with E-state index in [0.29, 0.717) is 59.5 Å². The van der Waals surface area contributed by atoms with Gasteiger partial charge >= 0.3 is 0 Å². The van der Waals surface area contributed by atoms with Crippen LogP contribution in [0.2, 0.25) is 0 Å². The second-order valence-corrected chi connectivity index (χ2v) is 13.8. The molecule has 0 radical (unpaired) electrons. The number of imidazole rings is 1. The third-order valence-electron chi connectivity index (χ3n) is 9.91. The maximum atomic E-state index is 13.3. The zero-order valence-electron chi connectivity index (χ0n) is 30.9. The van der Waals surface area contributed by atoms with Crippen molar-refractivity contribution < 1.29 is 29.0 Å². The molecule has 282 valence electrons. The Labute approximate surface area is 313 Å². The Balaban J connectivity index is 0.934. The van der Waals surface area contributed by atoms with Crippen LogP contribution in [0.15, 0.2) is 71.1 Å². The van der Waals surface area contributed by atoms with Gasteiger partial charge < -0.3 is 44.6 Å². The average Bonchev–Trinajstić information content (AvgIpc) is 3.64. The summed E-state index contributed by atoms with van der Waals surface area (Å²) < 4.78 is 15.2. The van der Waals surface area contributed by atoms with E-state index < -0.39 is 0 Å². The maximum Gasteiger partial charge on any atom is 0.291 e. The van der Waals surface area contributed by atoms with Crippen LogP contribution in [0, 0.1) is 0 Å². The standard InChI is InChI=1S/C40H46N8O6/c1-46-23-27(19-33(46)38(50)41-15-6-17-49)25-11-13-28(14-12-25)43-39(51)37-45-36(24-47(37)2)44-31(26-9-10-26)8-5-18-54-35-21-32-30(20-34(35)53-3)40(52)48-16-4-7-29(48)22-42-32/h11-14,19-24,29,44,49H,4-10,15-18H2,1-3H3,(H,41,50)(H,43,51). The molecule has 1 saturated carbocycles. The van der Waals surface area contributed by atoms with E-state index in [9.17, 15) is 14.4 Å². The van der Waals surface area contributed by atoms with Gasteiger partial charge in [-0.2, -0.15) is 0 Å². The highest BCUT2D eigenvalue weighted by molar-refractivity contribution is 6.04. The molecule has 2 aliphatic heterocycles. The molecule has 3 aliphatic rings. The van der Waals surface area contributed by atoms with Crippen molar-refractivity contribution in [1.29, 1.82) is 0 Å². The van der Waals surface area contributed by atoms with E-state index in [1.807, 2.05) is 54.7 Å². The zero-order valence-corrected chi connectivity index (χ0v) is 30.9. The molecular formula is C40H46N8O6. The summed E-state index contributed by atoms with van der Waals surface area (Å²) in [5.74, 6) is 1.35. The van der Waals surface area contributed by atoms with Crippen molar-refractivity contribution >= 4 is 41.1 Å². The summed E-state index contributed by atoms with van der Waals surface area (Å²) in [5.41, 5.74) is 6.44. The minimum absolute atomic E-state index is 0.0207. The van der Waals surface area contributed by atoms with Crippen LogP contribution >= 0.6 is 0 Å². The maximum absolute atomic E-state index is 13.3. The third-order valence-corrected chi connectivity index (χ3v) is 9.91. The zero-order chi connectivity index (χ0) is 37.8. The first-order valence-corrected chi connectivity index (χ1v) is 18.4. The fourth-order valence-electron chi connectivity index (χ4n) is 6.89. The van der Waals surface area contributed by atoms with Gasteiger partial charge in [0.25, 0.3) is 17.7 Å². The molecule has 1 unspecified atom stereocenters. The second kappa shape index (κ2) is 16.0. The van der Waals surface area contributed by atoms with Crippen LogP contribution in [0.3, 0.4) is 0 Å². The van der Waals surface area contributed by atoms with Crippen LogP contribution in [0.25, 0.3) is 11.1 Å². The number of hydrogen-bond donors (Lipinski definition) is 4. The molecule has 3 amide bonds. The molecule has 1 atom stereocenters. The molecule has 4 aromatic rings. The fraction of sp³-hybridized carbons (Fsp3) is 0.375. The number of aryl methyl sites for hydroxylation is 2. The summed E-state index contributed by atoms with van der Waals surface area (Å²) in [6, 6.07) is 12.8. The highest BCUT2D eigenvalue weighted by Gasteiger charge is 2.32. The SMILES string of the molecule is COc1cc2c(cc1OCCCC(Nc1cn(C)c(C(=O)Nc3ccc(-c4cc(C(=O)NCCCO)n(C)c4)cc3)n1)=C1CC1)N=CC1CCCN1C2=O. The number of ether oxygens (including phenoxy) is 2. The number of aliphatic hydroxyl groups is 1. The van der Waals surface area contributed by atoms with Crippen molar-refractivity contribution in [2.75, 3.05) is 44.0 Å². The molecule has 14 nitrogen and oxygen atoms in total. The number of benzene rings is 2. The number of aromatic nitrogens is 3. The number of methoxy groups -OCH3 is 1. The molecule has 2 aromatic carbocycles. The molecule has 2 aromatic heterocycles. The van der Waals surface area contributed by atoms with Gasteiger partial charge in [-0.3, -0.25) is 19.4 Å². The van der Waals surface area contributed by atoms with Gasteiger partial charge in [-0.15, -0.1) is 0 Å². The van der Waals surface area contributed by atoms with Crippen molar-refractivity contribution in [3.8, 4) is 22.6 Å². The summed E-state index contributed by atoms with van der Waals surface area (Å²) in [5, 5.41) is 18.2. The molecule has 0 spiro atoms. The Morgan fingerprint density at radius 1 is 0.963 bits per heavy atom. The highest BCUT2D eigenvalue weighted by atomic mass is 16.5. The predicted octanol–water partition coefficient (Wildman–Crippen LogP) is 5.44. The van der Waals surface area contributed by atoms with Gasteiger partial charge in [0.1, 0.15) is 11.5 Å². The number of allylic oxidation sites excluding steroid dienone is 2. The molecule has 14 heteroatoms. The molecule has 4 heterocycles. The Kier molecular flexibility index (Phi) is 10.8. The largest absolute Gasteiger partial charge is 0.493 e. The molecule has 2 fully saturated rings. The van der Waals surface area contributed by atoms with Crippen molar-refractivity contribution in [3.63, 3.8) is 0 Å². The first-order chi connectivity index (χ1) is 26.2. The van der Waals surface area contributed by atoms with Crippen LogP contribution in [0.5, 0.6) is 11.5 Å². The lowest BCUT2D eigenvalue weighted by Crippen LogP contribution is -2.35. The van der Waals surface area contributed by atoms with Gasteiger partial charge in [0.05, 0.1) is 31.0 Å². The lowest BCUT2D eigenvalue weighted by molar-refractivity contribution is 0.0774. The highest BCUT2D eigenvalue weighted by Crippen LogP contribution is 2.39. The molecule has 7 rings (SSSR count). The van der Waals surface area contributed by atoms with Gasteiger partial charge in [0.2, 0.25) is 5.82 Å². The van der Waals surface area contributed by atoms with Crippen molar-refractivity contribution in [2.24, 2.45) is 19.1 Å². The third kappa shape index (κ3) is 8.03. The number of rotatable bonds is 15. The topological polar surface area (TPSA) is 164 Å².